The minimum absolute atomic E-state index is 0.0636. The predicted molar refractivity (Wildman–Crippen MR) is 87.5 cm³/mol. The third kappa shape index (κ3) is 4.86. The largest absolute Gasteiger partial charge is 0.480 e. The van der Waals surface area contributed by atoms with E-state index < -0.39 is 36.0 Å². The number of carbonyl (C=O) groups excluding carboxylic acids is 1. The smallest absolute Gasteiger partial charge is 0.326 e. The summed E-state index contributed by atoms with van der Waals surface area (Å²) in [6.45, 7) is 0. The maximum absolute atomic E-state index is 13.6. The van der Waals surface area contributed by atoms with Gasteiger partial charge in [-0.2, -0.15) is 0 Å². The summed E-state index contributed by atoms with van der Waals surface area (Å²) in [6, 6.07) is 9.05. The third-order valence-electron chi connectivity index (χ3n) is 3.39. The highest BCUT2D eigenvalue weighted by molar-refractivity contribution is 9.10. The van der Waals surface area contributed by atoms with Crippen molar-refractivity contribution in [3.63, 3.8) is 0 Å². The van der Waals surface area contributed by atoms with Crippen molar-refractivity contribution in [3.05, 3.63) is 69.7 Å². The molecule has 4 nitrogen and oxygen atoms in total. The average molecular weight is 398 g/mol. The molecule has 2 aromatic rings. The van der Waals surface area contributed by atoms with Crippen LogP contribution in [0.3, 0.4) is 0 Å². The third-order valence-corrected chi connectivity index (χ3v) is 3.91. The SMILES string of the molecule is O=C(Cc1c(F)cccc1F)N[C@@H](Cc1ccc(Br)cc1)C(=O)O. The van der Waals surface area contributed by atoms with Gasteiger partial charge in [0, 0.05) is 16.5 Å². The molecule has 0 saturated carbocycles. The average Bonchev–Trinajstić information content (AvgIpc) is 2.52. The summed E-state index contributed by atoms with van der Waals surface area (Å²) in [7, 11) is 0. The van der Waals surface area contributed by atoms with Crippen molar-refractivity contribution in [3.8, 4) is 0 Å². The number of aliphatic carboxylic acids is 1. The monoisotopic (exact) mass is 397 g/mol. The summed E-state index contributed by atoms with van der Waals surface area (Å²) in [5.41, 5.74) is 0.325. The first-order chi connectivity index (χ1) is 11.4. The fourth-order valence-electron chi connectivity index (χ4n) is 2.16. The van der Waals surface area contributed by atoms with Crippen LogP contribution in [0.5, 0.6) is 0 Å². The first kappa shape index (κ1) is 18.1. The number of hydrogen-bond donors (Lipinski definition) is 2. The number of halogens is 3. The number of nitrogens with one attached hydrogen (secondary N) is 1. The van der Waals surface area contributed by atoms with Gasteiger partial charge in [0.25, 0.3) is 0 Å². The zero-order chi connectivity index (χ0) is 17.7. The summed E-state index contributed by atoms with van der Waals surface area (Å²) in [5, 5.41) is 11.5. The van der Waals surface area contributed by atoms with Crippen LogP contribution in [0.25, 0.3) is 0 Å². The first-order valence-corrected chi connectivity index (χ1v) is 7.85. The van der Waals surface area contributed by atoms with E-state index in [1.54, 1.807) is 24.3 Å². The quantitative estimate of drug-likeness (QED) is 0.786. The Bertz CT molecular complexity index is 730. The van der Waals surface area contributed by atoms with Gasteiger partial charge in [-0.1, -0.05) is 34.1 Å². The number of rotatable bonds is 6. The molecule has 0 bridgehead atoms. The number of carbonyl (C=O) groups is 2. The van der Waals surface area contributed by atoms with Gasteiger partial charge in [0.2, 0.25) is 5.91 Å². The second kappa shape index (κ2) is 8.01. The van der Waals surface area contributed by atoms with Crippen LogP contribution >= 0.6 is 15.9 Å². The zero-order valence-electron chi connectivity index (χ0n) is 12.4. The van der Waals surface area contributed by atoms with Crippen LogP contribution in [0.15, 0.2) is 46.9 Å². The van der Waals surface area contributed by atoms with E-state index in [1.165, 1.54) is 6.07 Å². The van der Waals surface area contributed by atoms with Gasteiger partial charge in [-0.3, -0.25) is 4.79 Å². The normalized spacial score (nSPS) is 11.8. The first-order valence-electron chi connectivity index (χ1n) is 7.06. The number of carboxylic acids is 1. The molecule has 1 atom stereocenters. The van der Waals surface area contributed by atoms with E-state index >= 15 is 0 Å². The summed E-state index contributed by atoms with van der Waals surface area (Å²) >= 11 is 3.27. The lowest BCUT2D eigenvalue weighted by atomic mass is 10.1. The second-order valence-corrected chi connectivity index (χ2v) is 6.08. The summed E-state index contributed by atoms with van der Waals surface area (Å²) in [5.74, 6) is -3.67. The molecule has 1 amide bonds. The van der Waals surface area contributed by atoms with Gasteiger partial charge in [0.15, 0.2) is 0 Å². The molecule has 24 heavy (non-hydrogen) atoms. The van der Waals surface area contributed by atoms with Crippen LogP contribution in [-0.2, 0) is 22.4 Å². The van der Waals surface area contributed by atoms with Crippen molar-refractivity contribution >= 4 is 27.8 Å². The van der Waals surface area contributed by atoms with Crippen molar-refractivity contribution in [2.45, 2.75) is 18.9 Å². The van der Waals surface area contributed by atoms with E-state index in [2.05, 4.69) is 21.2 Å². The van der Waals surface area contributed by atoms with Crippen LogP contribution < -0.4 is 5.32 Å². The van der Waals surface area contributed by atoms with E-state index in [4.69, 9.17) is 0 Å². The Labute approximate surface area is 145 Å². The van der Waals surface area contributed by atoms with Crippen molar-refractivity contribution in [1.29, 1.82) is 0 Å². The topological polar surface area (TPSA) is 66.4 Å². The molecule has 0 unspecified atom stereocenters. The molecule has 0 aromatic heterocycles. The Morgan fingerprint density at radius 2 is 1.67 bits per heavy atom. The van der Waals surface area contributed by atoms with Gasteiger partial charge >= 0.3 is 5.97 Å². The molecular formula is C17H14BrF2NO3. The van der Waals surface area contributed by atoms with Crippen LogP contribution in [0.4, 0.5) is 8.78 Å². The van der Waals surface area contributed by atoms with Gasteiger partial charge in [0.1, 0.15) is 17.7 Å². The van der Waals surface area contributed by atoms with Crippen LogP contribution in [0, 0.1) is 11.6 Å². The van der Waals surface area contributed by atoms with Crippen molar-refractivity contribution < 1.29 is 23.5 Å². The van der Waals surface area contributed by atoms with Gasteiger partial charge in [-0.05, 0) is 29.8 Å². The molecule has 0 fully saturated rings. The van der Waals surface area contributed by atoms with Gasteiger partial charge < -0.3 is 10.4 Å². The molecule has 0 heterocycles. The Balaban J connectivity index is 2.06. The molecule has 126 valence electrons. The summed E-state index contributed by atoms with van der Waals surface area (Å²) in [6.07, 6.45) is -0.503. The minimum atomic E-state index is -1.22. The Morgan fingerprint density at radius 1 is 1.08 bits per heavy atom. The van der Waals surface area contributed by atoms with Crippen molar-refractivity contribution in [1.82, 2.24) is 5.32 Å². The lowest BCUT2D eigenvalue weighted by Crippen LogP contribution is -2.43. The molecule has 0 aliphatic carbocycles. The van der Waals surface area contributed by atoms with E-state index in [0.29, 0.717) is 5.56 Å². The molecule has 0 spiro atoms. The Morgan fingerprint density at radius 3 is 2.21 bits per heavy atom. The lowest BCUT2D eigenvalue weighted by molar-refractivity contribution is -0.141. The highest BCUT2D eigenvalue weighted by atomic mass is 79.9. The van der Waals surface area contributed by atoms with Gasteiger partial charge in [-0.25, -0.2) is 13.6 Å². The standard InChI is InChI=1S/C17H14BrF2NO3/c18-11-6-4-10(5-7-11)8-15(17(23)24)21-16(22)9-12-13(19)2-1-3-14(12)20/h1-7,15H,8-9H2,(H,21,22)(H,23,24)/t15-/m0/s1. The lowest BCUT2D eigenvalue weighted by Gasteiger charge is -2.15. The fourth-order valence-corrected chi connectivity index (χ4v) is 2.43. The minimum Gasteiger partial charge on any atom is -0.480 e. The highest BCUT2D eigenvalue weighted by Gasteiger charge is 2.22. The molecule has 0 aliphatic rings. The molecule has 0 saturated heterocycles. The van der Waals surface area contributed by atoms with Crippen molar-refractivity contribution in [2.24, 2.45) is 0 Å². The van der Waals surface area contributed by atoms with E-state index in [0.717, 1.165) is 16.6 Å². The van der Waals surface area contributed by atoms with Crippen LogP contribution in [0.1, 0.15) is 11.1 Å². The van der Waals surface area contributed by atoms with Crippen molar-refractivity contribution in [2.75, 3.05) is 0 Å². The number of amides is 1. The number of carboxylic acid groups (broad SMARTS) is 1. The molecule has 0 radical (unpaired) electrons. The summed E-state index contributed by atoms with van der Waals surface area (Å²) < 4.78 is 27.9. The van der Waals surface area contributed by atoms with Gasteiger partial charge in [0.05, 0.1) is 6.42 Å². The molecule has 2 rings (SSSR count). The predicted octanol–water partition coefficient (Wildman–Crippen LogP) is 3.08. The fraction of sp³-hybridized carbons (Fsp3) is 0.176. The molecule has 0 aliphatic heterocycles. The van der Waals surface area contributed by atoms with Gasteiger partial charge in [-0.15, -0.1) is 0 Å². The van der Waals surface area contributed by atoms with E-state index in [-0.39, 0.29) is 12.0 Å². The number of benzene rings is 2. The number of hydrogen-bond acceptors (Lipinski definition) is 2. The van der Waals surface area contributed by atoms with E-state index in [1.807, 2.05) is 0 Å². The Kier molecular flexibility index (Phi) is 6.03. The summed E-state index contributed by atoms with van der Waals surface area (Å²) in [4.78, 5) is 23.3. The maximum Gasteiger partial charge on any atom is 0.326 e. The Hall–Kier alpha value is -2.28. The second-order valence-electron chi connectivity index (χ2n) is 5.17. The highest BCUT2D eigenvalue weighted by Crippen LogP contribution is 2.14. The molecule has 7 heteroatoms. The molecular weight excluding hydrogens is 384 g/mol. The molecule has 2 aromatic carbocycles. The van der Waals surface area contributed by atoms with Crippen LogP contribution in [-0.4, -0.2) is 23.0 Å². The molecule has 2 N–H and O–H groups in total. The van der Waals surface area contributed by atoms with Crippen LogP contribution in [0.2, 0.25) is 0 Å². The van der Waals surface area contributed by atoms with E-state index in [9.17, 15) is 23.5 Å². The maximum atomic E-state index is 13.6. The zero-order valence-corrected chi connectivity index (χ0v) is 14.0.